The largest absolute Gasteiger partial charge is 0.437 e. The normalized spacial score (nSPS) is 11.6. The molecule has 3 aromatic rings. The summed E-state index contributed by atoms with van der Waals surface area (Å²) in [5.41, 5.74) is 3.97. The van der Waals surface area contributed by atoms with Crippen molar-refractivity contribution in [3.8, 4) is 5.75 Å². The summed E-state index contributed by atoms with van der Waals surface area (Å²) in [7, 11) is -3.34. The van der Waals surface area contributed by atoms with Crippen LogP contribution in [-0.2, 0) is 23.8 Å². The molecule has 0 heterocycles. The molecular weight excluding hydrogens is 603 g/mol. The van der Waals surface area contributed by atoms with Crippen LogP contribution in [0.5, 0.6) is 5.75 Å². The smallest absolute Gasteiger partial charge is 0.306 e. The van der Waals surface area contributed by atoms with Crippen LogP contribution in [0.3, 0.4) is 0 Å². The Hall–Kier alpha value is -2.31. The molecule has 0 bridgehead atoms. The summed E-state index contributed by atoms with van der Waals surface area (Å²) in [5.74, 6) is 0.681. The van der Waals surface area contributed by atoms with Crippen LogP contribution in [0.25, 0.3) is 0 Å². The van der Waals surface area contributed by atoms with Gasteiger partial charge in [-0.25, -0.2) is 0 Å². The Morgan fingerprint density at radius 2 is 0.646 bits per heavy atom. The SMILES string of the molecule is CCCCCCCCCc1ccc(OP(=O)(c2ccc(CCCCCCCCC)cc2)c2ccc(CCCCCCCCC)cc2)cc1. The third kappa shape index (κ3) is 15.5. The van der Waals surface area contributed by atoms with Crippen molar-refractivity contribution in [2.45, 2.75) is 175 Å². The van der Waals surface area contributed by atoms with Crippen LogP contribution < -0.4 is 15.1 Å². The lowest BCUT2D eigenvalue weighted by Gasteiger charge is -2.21. The number of hydrogen-bond acceptors (Lipinski definition) is 2. The number of benzene rings is 3. The average molecular weight is 673 g/mol. The first kappa shape index (κ1) is 40.1. The molecule has 266 valence electrons. The minimum Gasteiger partial charge on any atom is -0.437 e. The third-order valence-electron chi connectivity index (χ3n) is 9.92. The Bertz CT molecular complexity index is 1180. The summed E-state index contributed by atoms with van der Waals surface area (Å²) in [6.07, 6.45) is 30.9. The summed E-state index contributed by atoms with van der Waals surface area (Å²) in [5, 5.41) is 1.55. The number of hydrogen-bond donors (Lipinski definition) is 0. The molecule has 0 spiro atoms. The lowest BCUT2D eigenvalue weighted by molar-refractivity contribution is 0.502. The lowest BCUT2D eigenvalue weighted by Crippen LogP contribution is -2.20. The number of aryl methyl sites for hydroxylation is 3. The summed E-state index contributed by atoms with van der Waals surface area (Å²) in [6, 6.07) is 25.3. The molecule has 48 heavy (non-hydrogen) atoms. The van der Waals surface area contributed by atoms with Crippen LogP contribution in [0, 0.1) is 0 Å². The molecular formula is C45H69O2P. The zero-order valence-corrected chi connectivity index (χ0v) is 32.1. The molecule has 0 aliphatic carbocycles. The summed E-state index contributed by atoms with van der Waals surface area (Å²) < 4.78 is 21.5. The van der Waals surface area contributed by atoms with E-state index >= 15 is 0 Å². The number of rotatable bonds is 28. The van der Waals surface area contributed by atoms with E-state index in [1.54, 1.807) is 0 Å². The molecule has 3 aromatic carbocycles. The van der Waals surface area contributed by atoms with Crippen molar-refractivity contribution in [3.05, 3.63) is 89.5 Å². The molecule has 3 heteroatoms. The topological polar surface area (TPSA) is 26.3 Å². The fourth-order valence-electron chi connectivity index (χ4n) is 6.70. The van der Waals surface area contributed by atoms with Crippen LogP contribution in [-0.4, -0.2) is 0 Å². The van der Waals surface area contributed by atoms with E-state index in [2.05, 4.69) is 81.4 Å². The van der Waals surface area contributed by atoms with E-state index in [1.165, 1.54) is 152 Å². The highest BCUT2D eigenvalue weighted by Crippen LogP contribution is 2.45. The molecule has 0 aliphatic rings. The maximum absolute atomic E-state index is 15.0. The molecule has 0 N–H and O–H groups in total. The van der Waals surface area contributed by atoms with Gasteiger partial charge in [0.05, 0.1) is 10.6 Å². The van der Waals surface area contributed by atoms with Gasteiger partial charge >= 0.3 is 7.37 Å². The van der Waals surface area contributed by atoms with Crippen LogP contribution in [0.2, 0.25) is 0 Å². The summed E-state index contributed by atoms with van der Waals surface area (Å²) >= 11 is 0. The highest BCUT2D eigenvalue weighted by atomic mass is 31.2. The first-order valence-corrected chi connectivity index (χ1v) is 21.8. The van der Waals surface area contributed by atoms with Gasteiger partial charge < -0.3 is 4.52 Å². The zero-order valence-electron chi connectivity index (χ0n) is 31.2. The predicted octanol–water partition coefficient (Wildman–Crippen LogP) is 13.9. The predicted molar refractivity (Wildman–Crippen MR) is 212 cm³/mol. The van der Waals surface area contributed by atoms with Crippen LogP contribution in [0.15, 0.2) is 72.8 Å². The van der Waals surface area contributed by atoms with Crippen molar-refractivity contribution >= 4 is 18.0 Å². The Balaban J connectivity index is 1.64. The Morgan fingerprint density at radius 3 is 0.958 bits per heavy atom. The second kappa shape index (κ2) is 24.8. The van der Waals surface area contributed by atoms with Crippen molar-refractivity contribution in [2.75, 3.05) is 0 Å². The number of unbranched alkanes of at least 4 members (excludes halogenated alkanes) is 18. The van der Waals surface area contributed by atoms with E-state index in [0.717, 1.165) is 29.9 Å². The minimum absolute atomic E-state index is 0.681. The Morgan fingerprint density at radius 1 is 0.375 bits per heavy atom. The zero-order chi connectivity index (χ0) is 34.1. The average Bonchev–Trinajstić information content (AvgIpc) is 3.11. The highest BCUT2D eigenvalue weighted by Gasteiger charge is 2.30. The lowest BCUT2D eigenvalue weighted by atomic mass is 10.0. The van der Waals surface area contributed by atoms with Crippen LogP contribution in [0.1, 0.15) is 172 Å². The molecule has 3 rings (SSSR count). The van der Waals surface area contributed by atoms with Gasteiger partial charge in [-0.3, -0.25) is 4.57 Å². The van der Waals surface area contributed by atoms with Crippen LogP contribution in [0.4, 0.5) is 0 Å². The van der Waals surface area contributed by atoms with Gasteiger partial charge in [-0.15, -0.1) is 0 Å². The molecule has 0 amide bonds. The molecule has 0 saturated carbocycles. The fourth-order valence-corrected chi connectivity index (χ4v) is 8.71. The molecule has 0 aromatic heterocycles. The van der Waals surface area contributed by atoms with Crippen molar-refractivity contribution < 1.29 is 9.09 Å². The first-order valence-electron chi connectivity index (χ1n) is 20.2. The maximum Gasteiger partial charge on any atom is 0.306 e. The van der Waals surface area contributed by atoms with Crippen molar-refractivity contribution in [3.63, 3.8) is 0 Å². The van der Waals surface area contributed by atoms with Gasteiger partial charge in [-0.05, 0) is 91.6 Å². The molecule has 0 fully saturated rings. The molecule has 2 nitrogen and oxygen atoms in total. The quantitative estimate of drug-likeness (QED) is 0.0567. The van der Waals surface area contributed by atoms with Gasteiger partial charge in [-0.2, -0.15) is 0 Å². The van der Waals surface area contributed by atoms with Gasteiger partial charge in [-0.1, -0.05) is 173 Å². The fraction of sp³-hybridized carbons (Fsp3) is 0.600. The first-order chi connectivity index (χ1) is 23.6. The second-order valence-electron chi connectivity index (χ2n) is 14.2. The molecule has 0 saturated heterocycles. The Kier molecular flexibility index (Phi) is 20.7. The summed E-state index contributed by atoms with van der Waals surface area (Å²) in [6.45, 7) is 6.82. The van der Waals surface area contributed by atoms with Crippen molar-refractivity contribution in [2.24, 2.45) is 0 Å². The van der Waals surface area contributed by atoms with Gasteiger partial charge in [0.25, 0.3) is 0 Å². The summed E-state index contributed by atoms with van der Waals surface area (Å²) in [4.78, 5) is 0. The third-order valence-corrected chi connectivity index (χ3v) is 12.3. The van der Waals surface area contributed by atoms with Gasteiger partial charge in [0.1, 0.15) is 5.75 Å². The Labute approximate surface area is 296 Å². The second-order valence-corrected chi connectivity index (χ2v) is 16.6. The van der Waals surface area contributed by atoms with E-state index in [1.807, 2.05) is 12.1 Å². The van der Waals surface area contributed by atoms with Gasteiger partial charge in [0.15, 0.2) is 0 Å². The standard InChI is InChI=1S/C45H69O2P/c1-4-7-10-13-16-19-22-25-40-28-34-43(35-29-40)47-48(46,44-36-30-41(31-37-44)26-23-20-17-14-11-8-5-2)45-38-32-42(33-39-45)27-24-21-18-15-12-9-6-3/h28-39H,4-27H2,1-3H3. The van der Waals surface area contributed by atoms with Gasteiger partial charge in [0, 0.05) is 0 Å². The monoisotopic (exact) mass is 673 g/mol. The van der Waals surface area contributed by atoms with E-state index in [4.69, 9.17) is 4.52 Å². The van der Waals surface area contributed by atoms with Crippen molar-refractivity contribution in [1.29, 1.82) is 0 Å². The molecule has 0 aliphatic heterocycles. The minimum atomic E-state index is -3.34. The van der Waals surface area contributed by atoms with Crippen LogP contribution >= 0.6 is 7.37 Å². The van der Waals surface area contributed by atoms with Crippen molar-refractivity contribution in [1.82, 2.24) is 0 Å². The van der Waals surface area contributed by atoms with Gasteiger partial charge in [0.2, 0.25) is 0 Å². The molecule has 0 unspecified atom stereocenters. The highest BCUT2D eigenvalue weighted by molar-refractivity contribution is 7.74. The van der Waals surface area contributed by atoms with E-state index in [9.17, 15) is 4.57 Å². The van der Waals surface area contributed by atoms with E-state index in [-0.39, 0.29) is 0 Å². The molecule has 0 radical (unpaired) electrons. The van der Waals surface area contributed by atoms with E-state index < -0.39 is 7.37 Å². The van der Waals surface area contributed by atoms with E-state index in [0.29, 0.717) is 5.75 Å². The maximum atomic E-state index is 15.0. The molecule has 0 atom stereocenters.